The van der Waals surface area contributed by atoms with Gasteiger partial charge < -0.3 is 9.47 Å². The summed E-state index contributed by atoms with van der Waals surface area (Å²) in [6, 6.07) is 47.7. The van der Waals surface area contributed by atoms with Crippen molar-refractivity contribution in [1.29, 1.82) is 0 Å². The Labute approximate surface area is 334 Å². The zero-order valence-electron chi connectivity index (χ0n) is 31.7. The second-order valence-corrected chi connectivity index (χ2v) is 18.0. The van der Waals surface area contributed by atoms with Crippen molar-refractivity contribution in [2.45, 2.75) is 46.8 Å². The van der Waals surface area contributed by atoms with Crippen molar-refractivity contribution >= 4 is 40.6 Å². The molecule has 7 aromatic rings. The van der Waals surface area contributed by atoms with E-state index >= 15 is 0 Å². The monoisotopic (exact) mass is 822 g/mol. The van der Waals surface area contributed by atoms with Crippen LogP contribution >= 0.6 is 0 Å². The Balaban J connectivity index is 0.000000823. The first-order valence-electron chi connectivity index (χ1n) is 17.9. The second-order valence-electron chi connectivity index (χ2n) is 12.6. The molecule has 0 unspecified atom stereocenters. The Hall–Kier alpha value is -5.79. The molecule has 0 aliphatic carbocycles. The van der Waals surface area contributed by atoms with Crippen LogP contribution in [0.4, 0.5) is 0 Å². The number of hydrogen-bond acceptors (Lipinski definition) is 8. The molecule has 0 radical (unpaired) electrons. The Kier molecular flexibility index (Phi) is 13.7. The van der Waals surface area contributed by atoms with Crippen LogP contribution in [0.2, 0.25) is 0 Å². The standard InChI is InChI=1S/C42H32O6S2.C2H6.CH4O3S/c1-30-13-21-35(22-14-30)49(43,44)37-25-17-33(18-26-37)47-41-11-5-10-40-39(41)9-6-12-42(40)48-34-19-27-38(28-20-34)50(45,46)36-23-15-32(16-24-36)29-31-7-3-2-4-8-31;1-2;1-5(2,3)4/h2-28H,29H2,1H3;1-2H3;1H3,(H,2,3,4). The maximum Gasteiger partial charge on any atom is 0.261 e. The van der Waals surface area contributed by atoms with E-state index in [2.05, 4.69) is 0 Å². The minimum Gasteiger partial charge on any atom is -0.457 e. The molecule has 9 nitrogen and oxygen atoms in total. The molecule has 0 atom stereocenters. The number of aryl methyl sites for hydroxylation is 1. The molecule has 7 rings (SSSR count). The zero-order valence-corrected chi connectivity index (χ0v) is 34.2. The normalized spacial score (nSPS) is 11.4. The minimum absolute atomic E-state index is 0.173. The number of hydrogen-bond donors (Lipinski definition) is 1. The fourth-order valence-corrected chi connectivity index (χ4v) is 8.19. The van der Waals surface area contributed by atoms with Crippen LogP contribution in [0.1, 0.15) is 30.5 Å². The Morgan fingerprint density at radius 3 is 1.16 bits per heavy atom. The highest BCUT2D eigenvalue weighted by Crippen LogP contribution is 2.37. The van der Waals surface area contributed by atoms with Crippen LogP contribution in [-0.4, -0.2) is 36.1 Å². The van der Waals surface area contributed by atoms with Crippen LogP contribution in [0.5, 0.6) is 23.0 Å². The lowest BCUT2D eigenvalue weighted by Crippen LogP contribution is -2.02. The smallest absolute Gasteiger partial charge is 0.261 e. The summed E-state index contributed by atoms with van der Waals surface area (Å²) in [6.45, 7) is 5.91. The predicted molar refractivity (Wildman–Crippen MR) is 224 cm³/mol. The molecule has 0 aliphatic rings. The molecule has 294 valence electrons. The van der Waals surface area contributed by atoms with E-state index < -0.39 is 29.8 Å². The molecule has 57 heavy (non-hydrogen) atoms. The van der Waals surface area contributed by atoms with Crippen molar-refractivity contribution < 1.29 is 39.3 Å². The molecule has 0 aliphatic heterocycles. The molecule has 0 saturated heterocycles. The topological polar surface area (TPSA) is 141 Å². The van der Waals surface area contributed by atoms with Crippen molar-refractivity contribution in [3.8, 4) is 23.0 Å². The van der Waals surface area contributed by atoms with Gasteiger partial charge in [0.2, 0.25) is 19.7 Å². The summed E-state index contributed by atoms with van der Waals surface area (Å²) in [5, 5.41) is 1.58. The van der Waals surface area contributed by atoms with Gasteiger partial charge in [-0.1, -0.05) is 98.3 Å². The highest BCUT2D eigenvalue weighted by atomic mass is 32.2. The van der Waals surface area contributed by atoms with E-state index in [1.807, 2.05) is 99.6 Å². The van der Waals surface area contributed by atoms with Crippen molar-refractivity contribution in [2.75, 3.05) is 6.26 Å². The summed E-state index contributed by atoms with van der Waals surface area (Å²) < 4.78 is 91.3. The highest BCUT2D eigenvalue weighted by Gasteiger charge is 2.19. The number of sulfone groups is 2. The first-order valence-corrected chi connectivity index (χ1v) is 22.7. The third-order valence-corrected chi connectivity index (χ3v) is 12.0. The Bertz CT molecular complexity index is 2740. The van der Waals surface area contributed by atoms with Crippen molar-refractivity contribution in [1.82, 2.24) is 0 Å². The van der Waals surface area contributed by atoms with Gasteiger partial charge in [-0.05, 0) is 109 Å². The molecular weight excluding hydrogens is 781 g/mol. The molecule has 1 N–H and O–H groups in total. The summed E-state index contributed by atoms with van der Waals surface area (Å²) in [6.07, 6.45) is 1.44. The van der Waals surface area contributed by atoms with Crippen LogP contribution in [0.25, 0.3) is 10.8 Å². The van der Waals surface area contributed by atoms with Crippen molar-refractivity contribution in [2.24, 2.45) is 0 Å². The minimum atomic E-state index is -3.72. The third-order valence-electron chi connectivity index (χ3n) is 8.38. The molecular formula is C45H42O9S3. The first-order chi connectivity index (χ1) is 27.2. The SMILES string of the molecule is CC.CS(=O)(=O)O.Cc1ccc(S(=O)(=O)c2ccc(Oc3cccc4c(Oc5ccc(S(=O)(=O)c6ccc(Cc7ccccc7)cc6)cc5)cccc34)cc2)cc1. The summed E-state index contributed by atoms with van der Waals surface area (Å²) in [7, 11) is -11.0. The van der Waals surface area contributed by atoms with Gasteiger partial charge in [-0.25, -0.2) is 16.8 Å². The third kappa shape index (κ3) is 11.2. The van der Waals surface area contributed by atoms with E-state index in [1.54, 1.807) is 72.8 Å². The fraction of sp³-hybridized carbons (Fsp3) is 0.111. The molecule has 0 saturated carbocycles. The summed E-state index contributed by atoms with van der Waals surface area (Å²) >= 11 is 0. The van der Waals surface area contributed by atoms with E-state index in [0.717, 1.165) is 33.9 Å². The van der Waals surface area contributed by atoms with Gasteiger partial charge in [-0.2, -0.15) is 8.42 Å². The van der Waals surface area contributed by atoms with Gasteiger partial charge in [0.1, 0.15) is 23.0 Å². The number of benzene rings is 7. The van der Waals surface area contributed by atoms with E-state index in [-0.39, 0.29) is 19.6 Å². The summed E-state index contributed by atoms with van der Waals surface area (Å²) in [5.41, 5.74) is 3.18. The molecule has 0 bridgehead atoms. The fourth-order valence-electron chi connectivity index (χ4n) is 5.67. The van der Waals surface area contributed by atoms with Gasteiger partial charge in [0.05, 0.1) is 25.8 Å². The average molecular weight is 823 g/mol. The Morgan fingerprint density at radius 2 is 0.772 bits per heavy atom. The van der Waals surface area contributed by atoms with Crippen molar-refractivity contribution in [3.05, 3.63) is 180 Å². The molecule has 12 heteroatoms. The van der Waals surface area contributed by atoms with Crippen LogP contribution < -0.4 is 9.47 Å². The molecule has 0 heterocycles. The van der Waals surface area contributed by atoms with E-state index in [9.17, 15) is 25.3 Å². The van der Waals surface area contributed by atoms with Crippen LogP contribution in [-0.2, 0) is 36.2 Å². The maximum atomic E-state index is 13.4. The molecule has 0 fully saturated rings. The van der Waals surface area contributed by atoms with Crippen LogP contribution in [0, 0.1) is 6.92 Å². The van der Waals surface area contributed by atoms with E-state index in [1.165, 1.54) is 12.1 Å². The average Bonchev–Trinajstić information content (AvgIpc) is 3.20. The van der Waals surface area contributed by atoms with Crippen LogP contribution in [0.3, 0.4) is 0 Å². The predicted octanol–water partition coefficient (Wildman–Crippen LogP) is 10.5. The molecule has 0 amide bonds. The van der Waals surface area contributed by atoms with Gasteiger partial charge in [-0.3, -0.25) is 4.55 Å². The van der Waals surface area contributed by atoms with Gasteiger partial charge in [-0.15, -0.1) is 0 Å². The Morgan fingerprint density at radius 1 is 0.439 bits per heavy atom. The lowest BCUT2D eigenvalue weighted by molar-refractivity contribution is 0.482. The quantitative estimate of drug-likeness (QED) is 0.133. The molecule has 0 aromatic heterocycles. The summed E-state index contributed by atoms with van der Waals surface area (Å²) in [5.74, 6) is 2.09. The van der Waals surface area contributed by atoms with Gasteiger partial charge in [0.15, 0.2) is 0 Å². The van der Waals surface area contributed by atoms with E-state index in [4.69, 9.17) is 14.0 Å². The number of fused-ring (bicyclic) bond motifs is 1. The number of ether oxygens (including phenoxy) is 2. The van der Waals surface area contributed by atoms with Crippen LogP contribution in [0.15, 0.2) is 183 Å². The van der Waals surface area contributed by atoms with Gasteiger partial charge in [0.25, 0.3) is 10.1 Å². The van der Waals surface area contributed by atoms with E-state index in [0.29, 0.717) is 29.3 Å². The lowest BCUT2D eigenvalue weighted by atomic mass is 10.1. The molecule has 0 spiro atoms. The molecule has 7 aromatic carbocycles. The van der Waals surface area contributed by atoms with Gasteiger partial charge in [0, 0.05) is 10.8 Å². The van der Waals surface area contributed by atoms with Crippen molar-refractivity contribution in [3.63, 3.8) is 0 Å². The highest BCUT2D eigenvalue weighted by molar-refractivity contribution is 7.91. The second kappa shape index (κ2) is 18.4. The largest absolute Gasteiger partial charge is 0.457 e. The summed E-state index contributed by atoms with van der Waals surface area (Å²) in [4.78, 5) is 0.816. The lowest BCUT2D eigenvalue weighted by Gasteiger charge is -2.13. The number of rotatable bonds is 10. The first kappa shape index (κ1) is 42.4. The zero-order chi connectivity index (χ0) is 41.2. The maximum absolute atomic E-state index is 13.4. The van der Waals surface area contributed by atoms with Gasteiger partial charge >= 0.3 is 0 Å².